The Balaban J connectivity index is 0.000000817. The Morgan fingerprint density at radius 1 is 1.19 bits per heavy atom. The van der Waals surface area contributed by atoms with Gasteiger partial charge in [0, 0.05) is 36.6 Å². The van der Waals surface area contributed by atoms with E-state index in [1.54, 1.807) is 6.20 Å². The van der Waals surface area contributed by atoms with Gasteiger partial charge in [-0.05, 0) is 25.3 Å². The van der Waals surface area contributed by atoms with Gasteiger partial charge < -0.3 is 19.3 Å². The Bertz CT molecular complexity index is 652. The molecular weight excluding hydrogens is 349 g/mol. The Kier molecular flexibility index (Phi) is 9.01. The average molecular weight is 377 g/mol. The quantitative estimate of drug-likeness (QED) is 0.770. The fourth-order valence-electron chi connectivity index (χ4n) is 2.44. The van der Waals surface area contributed by atoms with Crippen LogP contribution in [0.5, 0.6) is 11.5 Å². The first-order chi connectivity index (χ1) is 13.1. The molecule has 2 aromatic rings. The lowest BCUT2D eigenvalue weighted by molar-refractivity contribution is -0.169. The van der Waals surface area contributed by atoms with E-state index in [0.717, 1.165) is 43.2 Å². The highest BCUT2D eigenvalue weighted by atomic mass is 19.1. The topological polar surface area (TPSA) is 60.8 Å². The molecule has 1 aliphatic rings. The molecule has 27 heavy (non-hydrogen) atoms. The summed E-state index contributed by atoms with van der Waals surface area (Å²) in [5, 5.41) is 9.34. The number of aromatic hydroxyl groups is 1. The van der Waals surface area contributed by atoms with Gasteiger partial charge in [0.15, 0.2) is 6.29 Å². The van der Waals surface area contributed by atoms with Crippen LogP contribution in [0, 0.1) is 5.82 Å². The van der Waals surface area contributed by atoms with Gasteiger partial charge in [0.05, 0.1) is 12.3 Å². The first-order valence-corrected chi connectivity index (χ1v) is 9.40. The van der Waals surface area contributed by atoms with E-state index in [1.807, 2.05) is 12.1 Å². The van der Waals surface area contributed by atoms with Crippen molar-refractivity contribution in [3.8, 4) is 11.5 Å². The van der Waals surface area contributed by atoms with E-state index < -0.39 is 5.82 Å². The van der Waals surface area contributed by atoms with Gasteiger partial charge in [-0.25, -0.2) is 4.39 Å². The lowest BCUT2D eigenvalue weighted by Crippen LogP contribution is -2.22. The van der Waals surface area contributed by atoms with Gasteiger partial charge in [-0.3, -0.25) is 4.98 Å². The Morgan fingerprint density at radius 2 is 2.00 bits per heavy atom. The first kappa shape index (κ1) is 21.1. The predicted octanol–water partition coefficient (Wildman–Crippen LogP) is 4.96. The summed E-state index contributed by atoms with van der Waals surface area (Å²) in [5.74, 6) is -0.435. The molecule has 3 rings (SSSR count). The zero-order valence-corrected chi connectivity index (χ0v) is 16.0. The van der Waals surface area contributed by atoms with E-state index in [4.69, 9.17) is 14.2 Å². The molecule has 0 amide bonds. The summed E-state index contributed by atoms with van der Waals surface area (Å²) in [6.07, 6.45) is 5.95. The number of rotatable bonds is 6. The summed E-state index contributed by atoms with van der Waals surface area (Å²) in [4.78, 5) is 4.33. The molecule has 0 saturated carbocycles. The van der Waals surface area contributed by atoms with Crippen LogP contribution in [-0.2, 0) is 22.7 Å². The summed E-state index contributed by atoms with van der Waals surface area (Å²) in [6, 6.07) is 7.36. The maximum absolute atomic E-state index is 13.2. The van der Waals surface area contributed by atoms with E-state index >= 15 is 0 Å². The molecule has 1 atom stereocenters. The zero-order valence-electron chi connectivity index (χ0n) is 16.0. The zero-order chi connectivity index (χ0) is 19.5. The van der Waals surface area contributed by atoms with Gasteiger partial charge in [0.25, 0.3) is 0 Å². The monoisotopic (exact) mass is 377 g/mol. The molecule has 5 nitrogen and oxygen atoms in total. The Hall–Kier alpha value is -2.18. The van der Waals surface area contributed by atoms with Crippen molar-refractivity contribution in [2.75, 3.05) is 6.61 Å². The number of phenols is 1. The predicted molar refractivity (Wildman–Crippen MR) is 101 cm³/mol. The highest BCUT2D eigenvalue weighted by molar-refractivity contribution is 5.33. The van der Waals surface area contributed by atoms with Crippen LogP contribution in [0.15, 0.2) is 36.5 Å². The SMILES string of the molecule is CCC.Oc1cc(F)cc(OCc2ccc(COC3CCCCO3)nc2)c1. The van der Waals surface area contributed by atoms with Gasteiger partial charge in [-0.15, -0.1) is 0 Å². The lowest BCUT2D eigenvalue weighted by atomic mass is 10.2. The number of pyridine rings is 1. The smallest absolute Gasteiger partial charge is 0.158 e. The third kappa shape index (κ3) is 7.93. The van der Waals surface area contributed by atoms with Crippen LogP contribution in [0.3, 0.4) is 0 Å². The van der Waals surface area contributed by atoms with Crippen LogP contribution in [-0.4, -0.2) is 23.0 Å². The summed E-state index contributed by atoms with van der Waals surface area (Å²) in [6.45, 7) is 5.65. The Labute approximate surface area is 160 Å². The van der Waals surface area contributed by atoms with E-state index in [2.05, 4.69) is 18.8 Å². The van der Waals surface area contributed by atoms with Gasteiger partial charge in [0.1, 0.15) is 23.9 Å². The third-order valence-electron chi connectivity index (χ3n) is 3.70. The van der Waals surface area contributed by atoms with E-state index in [-0.39, 0.29) is 24.4 Å². The molecule has 148 valence electrons. The molecule has 1 aliphatic heterocycles. The molecule has 0 radical (unpaired) electrons. The van der Waals surface area contributed by atoms with Crippen LogP contribution in [0.25, 0.3) is 0 Å². The molecule has 0 aliphatic carbocycles. The fraction of sp³-hybridized carbons (Fsp3) is 0.476. The Morgan fingerprint density at radius 3 is 2.63 bits per heavy atom. The first-order valence-electron chi connectivity index (χ1n) is 9.40. The van der Waals surface area contributed by atoms with E-state index in [9.17, 15) is 9.50 Å². The van der Waals surface area contributed by atoms with Gasteiger partial charge in [-0.2, -0.15) is 0 Å². The molecular formula is C21H28FNO4. The van der Waals surface area contributed by atoms with Crippen molar-refractivity contribution in [2.24, 2.45) is 0 Å². The van der Waals surface area contributed by atoms with E-state index in [0.29, 0.717) is 6.61 Å². The van der Waals surface area contributed by atoms with Crippen molar-refractivity contribution in [2.45, 2.75) is 59.0 Å². The number of ether oxygens (including phenoxy) is 3. The van der Waals surface area contributed by atoms with Crippen molar-refractivity contribution in [3.63, 3.8) is 0 Å². The minimum atomic E-state index is -0.541. The number of phenolic OH excluding ortho intramolecular Hbond substituents is 1. The molecule has 1 fully saturated rings. The summed E-state index contributed by atoms with van der Waals surface area (Å²) >= 11 is 0. The van der Waals surface area contributed by atoms with Crippen molar-refractivity contribution >= 4 is 0 Å². The number of hydrogen-bond donors (Lipinski definition) is 1. The van der Waals surface area contributed by atoms with Crippen molar-refractivity contribution in [3.05, 3.63) is 53.6 Å². The van der Waals surface area contributed by atoms with Gasteiger partial charge >= 0.3 is 0 Å². The maximum atomic E-state index is 13.2. The third-order valence-corrected chi connectivity index (χ3v) is 3.70. The van der Waals surface area contributed by atoms with Crippen LogP contribution in [0.1, 0.15) is 50.8 Å². The second kappa shape index (κ2) is 11.5. The number of benzene rings is 1. The molecule has 1 aromatic heterocycles. The standard InChI is InChI=1S/C18H20FNO4.C3H8/c19-14-7-16(21)9-17(8-14)23-11-13-4-5-15(20-10-13)12-24-18-3-1-2-6-22-18;1-3-2/h4-5,7-10,18,21H,1-3,6,11-12H2;3H2,1-2H3. The van der Waals surface area contributed by atoms with Crippen molar-refractivity contribution < 1.29 is 23.7 Å². The number of halogens is 1. The number of nitrogens with zero attached hydrogens (tertiary/aromatic N) is 1. The molecule has 1 N–H and O–H groups in total. The van der Waals surface area contributed by atoms with Crippen molar-refractivity contribution in [1.82, 2.24) is 4.98 Å². The molecule has 6 heteroatoms. The maximum Gasteiger partial charge on any atom is 0.158 e. The highest BCUT2D eigenvalue weighted by Gasteiger charge is 2.14. The molecule has 1 aromatic carbocycles. The van der Waals surface area contributed by atoms with Gasteiger partial charge in [0.2, 0.25) is 0 Å². The second-order valence-corrected chi connectivity index (χ2v) is 6.41. The molecule has 1 saturated heterocycles. The van der Waals surface area contributed by atoms with Gasteiger partial charge in [-0.1, -0.05) is 26.3 Å². The number of aromatic nitrogens is 1. The highest BCUT2D eigenvalue weighted by Crippen LogP contribution is 2.21. The normalized spacial score (nSPS) is 16.3. The summed E-state index contributed by atoms with van der Waals surface area (Å²) in [7, 11) is 0. The molecule has 1 unspecified atom stereocenters. The fourth-order valence-corrected chi connectivity index (χ4v) is 2.44. The minimum Gasteiger partial charge on any atom is -0.508 e. The van der Waals surface area contributed by atoms with E-state index in [1.165, 1.54) is 18.6 Å². The van der Waals surface area contributed by atoms with Crippen LogP contribution in [0.2, 0.25) is 0 Å². The number of hydrogen-bond acceptors (Lipinski definition) is 5. The molecule has 0 spiro atoms. The average Bonchev–Trinajstić information content (AvgIpc) is 2.66. The summed E-state index contributed by atoms with van der Waals surface area (Å²) in [5.41, 5.74) is 1.66. The summed E-state index contributed by atoms with van der Waals surface area (Å²) < 4.78 is 29.8. The largest absolute Gasteiger partial charge is 0.508 e. The van der Waals surface area contributed by atoms with Crippen LogP contribution >= 0.6 is 0 Å². The van der Waals surface area contributed by atoms with Crippen LogP contribution < -0.4 is 4.74 Å². The molecule has 0 bridgehead atoms. The van der Waals surface area contributed by atoms with Crippen molar-refractivity contribution in [1.29, 1.82) is 0 Å². The minimum absolute atomic E-state index is 0.135. The second-order valence-electron chi connectivity index (χ2n) is 6.41. The lowest BCUT2D eigenvalue weighted by Gasteiger charge is -2.22. The molecule has 2 heterocycles. The van der Waals surface area contributed by atoms with Crippen LogP contribution in [0.4, 0.5) is 4.39 Å².